The van der Waals surface area contributed by atoms with Crippen molar-refractivity contribution in [2.24, 2.45) is 0 Å². The molecule has 0 atom stereocenters. The van der Waals surface area contributed by atoms with Crippen LogP contribution in [0.5, 0.6) is 11.6 Å². The van der Waals surface area contributed by atoms with E-state index in [9.17, 15) is 10.1 Å². The summed E-state index contributed by atoms with van der Waals surface area (Å²) in [4.78, 5) is 18.2. The highest BCUT2D eigenvalue weighted by Gasteiger charge is 2.24. The Morgan fingerprint density at radius 3 is 2.57 bits per heavy atom. The molecule has 110 valence electrons. The van der Waals surface area contributed by atoms with Crippen LogP contribution in [-0.4, -0.2) is 14.9 Å². The minimum atomic E-state index is -0.570. The molecule has 1 heterocycles. The summed E-state index contributed by atoms with van der Waals surface area (Å²) in [6, 6.07) is 7.32. The molecule has 0 saturated carbocycles. The second-order valence-electron chi connectivity index (χ2n) is 4.78. The minimum absolute atomic E-state index is 0.0878. The first-order valence-corrected chi connectivity index (χ1v) is 6.73. The van der Waals surface area contributed by atoms with E-state index in [-0.39, 0.29) is 28.5 Å². The second kappa shape index (κ2) is 6.05. The van der Waals surface area contributed by atoms with Gasteiger partial charge in [0.25, 0.3) is 0 Å². The lowest BCUT2D eigenvalue weighted by atomic mass is 10.0. The van der Waals surface area contributed by atoms with Gasteiger partial charge in [0.2, 0.25) is 5.28 Å². The molecule has 0 N–H and O–H groups in total. The van der Waals surface area contributed by atoms with Gasteiger partial charge in [-0.05, 0) is 36.1 Å². The molecule has 2 rings (SSSR count). The van der Waals surface area contributed by atoms with Crippen LogP contribution in [0.15, 0.2) is 24.3 Å². The number of nitro groups is 1. The van der Waals surface area contributed by atoms with Crippen molar-refractivity contribution in [2.75, 3.05) is 0 Å². The van der Waals surface area contributed by atoms with Gasteiger partial charge in [-0.25, -0.2) is 4.98 Å². The van der Waals surface area contributed by atoms with Gasteiger partial charge in [-0.2, -0.15) is 4.98 Å². The number of hydrogen-bond donors (Lipinski definition) is 0. The zero-order valence-corrected chi connectivity index (χ0v) is 12.6. The summed E-state index contributed by atoms with van der Waals surface area (Å²) >= 11 is 5.77. The van der Waals surface area contributed by atoms with Gasteiger partial charge in [0, 0.05) is 0 Å². The highest BCUT2D eigenvalue weighted by molar-refractivity contribution is 6.28. The number of aromatic nitrogens is 2. The van der Waals surface area contributed by atoms with Crippen LogP contribution in [0, 0.1) is 17.0 Å². The maximum absolute atomic E-state index is 11.2. The third kappa shape index (κ3) is 3.28. The van der Waals surface area contributed by atoms with E-state index in [1.54, 1.807) is 12.1 Å². The molecule has 0 aliphatic rings. The molecular weight excluding hydrogens is 294 g/mol. The zero-order chi connectivity index (χ0) is 15.6. The number of benzene rings is 1. The number of hydrogen-bond acceptors (Lipinski definition) is 5. The molecule has 0 amide bonds. The summed E-state index contributed by atoms with van der Waals surface area (Å²) in [6.45, 7) is 5.51. The Morgan fingerprint density at radius 2 is 1.95 bits per heavy atom. The summed E-state index contributed by atoms with van der Waals surface area (Å²) in [7, 11) is 0. The number of aryl methyl sites for hydroxylation is 1. The molecule has 1 aromatic heterocycles. The first kappa shape index (κ1) is 15.2. The molecule has 0 fully saturated rings. The molecule has 1 aromatic carbocycles. The van der Waals surface area contributed by atoms with E-state index in [2.05, 4.69) is 9.97 Å². The van der Waals surface area contributed by atoms with Crippen LogP contribution in [0.3, 0.4) is 0 Å². The Labute approximate surface area is 126 Å². The highest BCUT2D eigenvalue weighted by Crippen LogP contribution is 2.35. The molecule has 7 heteroatoms. The molecule has 0 spiro atoms. The van der Waals surface area contributed by atoms with Crippen molar-refractivity contribution in [3.05, 3.63) is 50.9 Å². The molecule has 0 unspecified atom stereocenters. The maximum atomic E-state index is 11.2. The SMILES string of the molecule is Cc1nc(Cl)nc(Oc2ccccc2C(C)C)c1[N+](=O)[O-]. The molecule has 0 saturated heterocycles. The van der Waals surface area contributed by atoms with Gasteiger partial charge >= 0.3 is 11.6 Å². The van der Waals surface area contributed by atoms with Gasteiger partial charge in [0.1, 0.15) is 11.4 Å². The third-order valence-corrected chi connectivity index (χ3v) is 3.10. The van der Waals surface area contributed by atoms with E-state index in [4.69, 9.17) is 16.3 Å². The van der Waals surface area contributed by atoms with E-state index in [1.807, 2.05) is 26.0 Å². The van der Waals surface area contributed by atoms with Gasteiger partial charge in [0.05, 0.1) is 4.92 Å². The third-order valence-electron chi connectivity index (χ3n) is 2.93. The van der Waals surface area contributed by atoms with Gasteiger partial charge in [-0.3, -0.25) is 10.1 Å². The highest BCUT2D eigenvalue weighted by atomic mass is 35.5. The number of rotatable bonds is 4. The van der Waals surface area contributed by atoms with Crippen LogP contribution in [0.25, 0.3) is 0 Å². The van der Waals surface area contributed by atoms with Crippen molar-refractivity contribution in [1.29, 1.82) is 0 Å². The first-order chi connectivity index (χ1) is 9.90. The predicted molar refractivity (Wildman–Crippen MR) is 79.0 cm³/mol. The summed E-state index contributed by atoms with van der Waals surface area (Å²) in [5, 5.41) is 11.1. The van der Waals surface area contributed by atoms with E-state index in [0.717, 1.165) is 5.56 Å². The Balaban J connectivity index is 2.52. The molecule has 21 heavy (non-hydrogen) atoms. The van der Waals surface area contributed by atoms with Crippen LogP contribution in [-0.2, 0) is 0 Å². The first-order valence-electron chi connectivity index (χ1n) is 6.35. The Kier molecular flexibility index (Phi) is 4.37. The molecule has 0 aliphatic heterocycles. The summed E-state index contributed by atoms with van der Waals surface area (Å²) in [5.41, 5.74) is 0.814. The number of para-hydroxylation sites is 1. The average molecular weight is 308 g/mol. The van der Waals surface area contributed by atoms with E-state index < -0.39 is 4.92 Å². The number of halogens is 1. The Morgan fingerprint density at radius 1 is 1.29 bits per heavy atom. The molecule has 6 nitrogen and oxygen atoms in total. The lowest BCUT2D eigenvalue weighted by molar-refractivity contribution is -0.386. The minimum Gasteiger partial charge on any atom is -0.433 e. The van der Waals surface area contributed by atoms with Crippen LogP contribution in [0.1, 0.15) is 31.0 Å². The van der Waals surface area contributed by atoms with E-state index in [0.29, 0.717) is 5.75 Å². The van der Waals surface area contributed by atoms with Crippen LogP contribution >= 0.6 is 11.6 Å². The van der Waals surface area contributed by atoms with Gasteiger partial charge in [-0.15, -0.1) is 0 Å². The van der Waals surface area contributed by atoms with Crippen molar-refractivity contribution in [1.82, 2.24) is 9.97 Å². The molecular formula is C14H14ClN3O3. The van der Waals surface area contributed by atoms with Crippen molar-refractivity contribution in [2.45, 2.75) is 26.7 Å². The lowest BCUT2D eigenvalue weighted by Crippen LogP contribution is -2.03. The van der Waals surface area contributed by atoms with Crippen molar-refractivity contribution in [3.63, 3.8) is 0 Å². The Bertz CT molecular complexity index is 689. The van der Waals surface area contributed by atoms with E-state index in [1.165, 1.54) is 6.92 Å². The van der Waals surface area contributed by atoms with Crippen LogP contribution < -0.4 is 4.74 Å². The summed E-state index contributed by atoms with van der Waals surface area (Å²) in [6.07, 6.45) is 0. The quantitative estimate of drug-likeness (QED) is 0.479. The summed E-state index contributed by atoms with van der Waals surface area (Å²) < 4.78 is 5.65. The molecule has 0 radical (unpaired) electrons. The van der Waals surface area contributed by atoms with Crippen molar-refractivity contribution in [3.8, 4) is 11.6 Å². The standard InChI is InChI=1S/C14H14ClN3O3/c1-8(2)10-6-4-5-7-11(10)21-13-12(18(19)20)9(3)16-14(15)17-13/h4-8H,1-3H3. The fraction of sp³-hybridized carbons (Fsp3) is 0.286. The van der Waals surface area contributed by atoms with E-state index >= 15 is 0 Å². The smallest absolute Gasteiger partial charge is 0.352 e. The lowest BCUT2D eigenvalue weighted by Gasteiger charge is -2.13. The largest absolute Gasteiger partial charge is 0.433 e. The number of ether oxygens (including phenoxy) is 1. The zero-order valence-electron chi connectivity index (χ0n) is 11.8. The van der Waals surface area contributed by atoms with Crippen LogP contribution in [0.2, 0.25) is 5.28 Å². The fourth-order valence-corrected chi connectivity index (χ4v) is 2.15. The van der Waals surface area contributed by atoms with Gasteiger partial charge in [-0.1, -0.05) is 32.0 Å². The summed E-state index contributed by atoms with van der Waals surface area (Å²) in [5.74, 6) is 0.578. The Hall–Kier alpha value is -2.21. The van der Waals surface area contributed by atoms with Gasteiger partial charge in [0.15, 0.2) is 0 Å². The normalized spacial score (nSPS) is 10.7. The molecule has 2 aromatic rings. The maximum Gasteiger partial charge on any atom is 0.352 e. The van der Waals surface area contributed by atoms with Crippen LogP contribution in [0.4, 0.5) is 5.69 Å². The van der Waals surface area contributed by atoms with Crippen molar-refractivity contribution >= 4 is 17.3 Å². The average Bonchev–Trinajstić information content (AvgIpc) is 2.37. The van der Waals surface area contributed by atoms with Gasteiger partial charge < -0.3 is 4.74 Å². The molecule has 0 aliphatic carbocycles. The topological polar surface area (TPSA) is 78.2 Å². The monoisotopic (exact) mass is 307 g/mol. The predicted octanol–water partition coefficient (Wildman–Crippen LogP) is 4.26. The number of nitrogens with zero attached hydrogens (tertiary/aromatic N) is 3. The molecule has 0 bridgehead atoms. The van der Waals surface area contributed by atoms with Crippen molar-refractivity contribution < 1.29 is 9.66 Å². The second-order valence-corrected chi connectivity index (χ2v) is 5.12. The fourth-order valence-electron chi connectivity index (χ4n) is 1.94.